The average Bonchev–Trinajstić information content (AvgIpc) is 2.42. The zero-order valence-electron chi connectivity index (χ0n) is 10.2. The molecule has 0 radical (unpaired) electrons. The molecular formula is C12H13N5O2. The molecule has 0 bridgehead atoms. The highest BCUT2D eigenvalue weighted by molar-refractivity contribution is 5.88. The Hall–Kier alpha value is -2.83. The maximum Gasteiger partial charge on any atom is 0.335 e. The first kappa shape index (κ1) is 12.6. The zero-order chi connectivity index (χ0) is 13.8. The second-order valence-corrected chi connectivity index (χ2v) is 3.74. The minimum absolute atomic E-state index is 0.220. The van der Waals surface area contributed by atoms with E-state index in [4.69, 9.17) is 10.8 Å². The first-order valence-corrected chi connectivity index (χ1v) is 5.50. The van der Waals surface area contributed by atoms with Gasteiger partial charge in [-0.3, -0.25) is 0 Å². The van der Waals surface area contributed by atoms with Gasteiger partial charge in [-0.25, -0.2) is 14.8 Å². The molecule has 2 rings (SSSR count). The molecule has 0 saturated heterocycles. The van der Waals surface area contributed by atoms with Crippen molar-refractivity contribution in [1.82, 2.24) is 9.97 Å². The number of nitrogens with two attached hydrogens (primary N) is 1. The average molecular weight is 259 g/mol. The van der Waals surface area contributed by atoms with Crippen LogP contribution in [0.4, 0.5) is 23.0 Å². The Bertz CT molecular complexity index is 598. The van der Waals surface area contributed by atoms with Crippen molar-refractivity contribution < 1.29 is 9.90 Å². The van der Waals surface area contributed by atoms with Crippen LogP contribution in [0.2, 0.25) is 0 Å². The van der Waals surface area contributed by atoms with Gasteiger partial charge in [-0.15, -0.1) is 0 Å². The summed E-state index contributed by atoms with van der Waals surface area (Å²) in [5.74, 6) is 0.0210. The number of benzene rings is 1. The van der Waals surface area contributed by atoms with Crippen molar-refractivity contribution in [1.29, 1.82) is 0 Å². The largest absolute Gasteiger partial charge is 0.478 e. The van der Waals surface area contributed by atoms with Gasteiger partial charge in [-0.1, -0.05) is 0 Å². The number of aromatic nitrogens is 2. The summed E-state index contributed by atoms with van der Waals surface area (Å²) in [7, 11) is 1.71. The van der Waals surface area contributed by atoms with Crippen LogP contribution in [0.15, 0.2) is 30.6 Å². The van der Waals surface area contributed by atoms with E-state index in [1.54, 1.807) is 19.2 Å². The van der Waals surface area contributed by atoms with Gasteiger partial charge in [-0.05, 0) is 24.3 Å². The van der Waals surface area contributed by atoms with Gasteiger partial charge < -0.3 is 21.5 Å². The van der Waals surface area contributed by atoms with Crippen LogP contribution >= 0.6 is 0 Å². The number of nitrogens with one attached hydrogen (secondary N) is 2. The molecule has 1 aromatic heterocycles. The van der Waals surface area contributed by atoms with E-state index in [1.807, 2.05) is 0 Å². The number of nitrogens with zero attached hydrogens (tertiary/aromatic N) is 2. The Morgan fingerprint density at radius 3 is 2.42 bits per heavy atom. The minimum atomic E-state index is -0.967. The maximum atomic E-state index is 10.7. The molecule has 5 N–H and O–H groups in total. The quantitative estimate of drug-likeness (QED) is 0.658. The van der Waals surface area contributed by atoms with Crippen molar-refractivity contribution in [2.24, 2.45) is 0 Å². The molecule has 0 aliphatic carbocycles. The van der Waals surface area contributed by atoms with Crippen molar-refractivity contribution in [2.45, 2.75) is 0 Å². The van der Waals surface area contributed by atoms with E-state index < -0.39 is 5.97 Å². The summed E-state index contributed by atoms with van der Waals surface area (Å²) in [4.78, 5) is 18.7. The summed E-state index contributed by atoms with van der Waals surface area (Å²) in [6, 6.07) is 6.29. The summed E-state index contributed by atoms with van der Waals surface area (Å²) in [5, 5.41) is 14.7. The molecule has 7 heteroatoms. The molecule has 0 spiro atoms. The van der Waals surface area contributed by atoms with E-state index in [0.717, 1.165) is 0 Å². The Labute approximate surface area is 109 Å². The fourth-order valence-corrected chi connectivity index (χ4v) is 1.53. The van der Waals surface area contributed by atoms with Crippen molar-refractivity contribution in [3.05, 3.63) is 36.2 Å². The molecule has 0 unspecified atom stereocenters. The van der Waals surface area contributed by atoms with Crippen LogP contribution in [0.1, 0.15) is 10.4 Å². The number of carboxylic acid groups (broad SMARTS) is 1. The number of carbonyl (C=O) groups is 1. The number of nitrogen functional groups attached to an aromatic ring is 1. The second kappa shape index (κ2) is 5.21. The second-order valence-electron chi connectivity index (χ2n) is 3.74. The first-order chi connectivity index (χ1) is 9.11. The minimum Gasteiger partial charge on any atom is -0.478 e. The molecule has 0 aliphatic heterocycles. The highest BCUT2D eigenvalue weighted by atomic mass is 16.4. The molecule has 0 fully saturated rings. The number of carboxylic acids is 1. The zero-order valence-corrected chi connectivity index (χ0v) is 10.2. The molecule has 0 atom stereocenters. The number of hydrogen-bond acceptors (Lipinski definition) is 6. The molecule has 0 aliphatic rings. The van der Waals surface area contributed by atoms with Gasteiger partial charge in [-0.2, -0.15) is 0 Å². The smallest absolute Gasteiger partial charge is 0.335 e. The van der Waals surface area contributed by atoms with E-state index in [0.29, 0.717) is 23.0 Å². The fourth-order valence-electron chi connectivity index (χ4n) is 1.53. The van der Waals surface area contributed by atoms with Crippen molar-refractivity contribution in [3.63, 3.8) is 0 Å². The number of hydrogen-bond donors (Lipinski definition) is 4. The van der Waals surface area contributed by atoms with E-state index in [1.165, 1.54) is 18.5 Å². The number of rotatable bonds is 4. The lowest BCUT2D eigenvalue weighted by Gasteiger charge is -2.10. The molecule has 1 heterocycles. The standard InChI is InChI=1S/C12H13N5O2/c1-14-10-9(13)11(16-6-15-10)17-8-4-2-7(3-5-8)12(18)19/h2-6H,13H2,1H3,(H,18,19)(H2,14,15,16,17). The fraction of sp³-hybridized carbons (Fsp3) is 0.0833. The molecule has 2 aromatic rings. The number of anilines is 4. The Morgan fingerprint density at radius 2 is 1.84 bits per heavy atom. The third-order valence-electron chi connectivity index (χ3n) is 2.52. The third kappa shape index (κ3) is 2.71. The van der Waals surface area contributed by atoms with Gasteiger partial charge >= 0.3 is 5.97 Å². The third-order valence-corrected chi connectivity index (χ3v) is 2.52. The molecule has 98 valence electrons. The van der Waals surface area contributed by atoms with E-state index >= 15 is 0 Å². The maximum absolute atomic E-state index is 10.7. The highest BCUT2D eigenvalue weighted by Crippen LogP contribution is 2.25. The van der Waals surface area contributed by atoms with Crippen LogP contribution in [0.3, 0.4) is 0 Å². The van der Waals surface area contributed by atoms with Crippen molar-refractivity contribution >= 4 is 29.0 Å². The van der Waals surface area contributed by atoms with Gasteiger partial charge in [0.25, 0.3) is 0 Å². The summed E-state index contributed by atoms with van der Waals surface area (Å²) >= 11 is 0. The van der Waals surface area contributed by atoms with E-state index in [9.17, 15) is 4.79 Å². The molecule has 19 heavy (non-hydrogen) atoms. The van der Waals surface area contributed by atoms with Crippen LogP contribution in [0, 0.1) is 0 Å². The SMILES string of the molecule is CNc1ncnc(Nc2ccc(C(=O)O)cc2)c1N. The van der Waals surface area contributed by atoms with E-state index in [2.05, 4.69) is 20.6 Å². The number of aromatic carboxylic acids is 1. The lowest BCUT2D eigenvalue weighted by atomic mass is 10.2. The van der Waals surface area contributed by atoms with Crippen molar-refractivity contribution in [3.8, 4) is 0 Å². The monoisotopic (exact) mass is 259 g/mol. The summed E-state index contributed by atoms with van der Waals surface area (Å²) < 4.78 is 0. The highest BCUT2D eigenvalue weighted by Gasteiger charge is 2.07. The van der Waals surface area contributed by atoms with Gasteiger partial charge in [0, 0.05) is 12.7 Å². The topological polar surface area (TPSA) is 113 Å². The summed E-state index contributed by atoms with van der Waals surface area (Å²) in [5.41, 5.74) is 7.18. The van der Waals surface area contributed by atoms with Crippen LogP contribution < -0.4 is 16.4 Å². The normalized spacial score (nSPS) is 9.95. The molecule has 7 nitrogen and oxygen atoms in total. The lowest BCUT2D eigenvalue weighted by molar-refractivity contribution is 0.0697. The molecular weight excluding hydrogens is 246 g/mol. The Morgan fingerprint density at radius 1 is 1.21 bits per heavy atom. The van der Waals surface area contributed by atoms with Crippen LogP contribution in [0.25, 0.3) is 0 Å². The van der Waals surface area contributed by atoms with Crippen LogP contribution in [-0.4, -0.2) is 28.1 Å². The summed E-state index contributed by atoms with van der Waals surface area (Å²) in [6.07, 6.45) is 1.39. The summed E-state index contributed by atoms with van der Waals surface area (Å²) in [6.45, 7) is 0. The molecule has 0 amide bonds. The predicted octanol–water partition coefficient (Wildman–Crippen LogP) is 1.54. The van der Waals surface area contributed by atoms with Crippen molar-refractivity contribution in [2.75, 3.05) is 23.4 Å². The van der Waals surface area contributed by atoms with Gasteiger partial charge in [0.2, 0.25) is 0 Å². The predicted molar refractivity (Wildman–Crippen MR) is 72.7 cm³/mol. The Kier molecular flexibility index (Phi) is 3.46. The van der Waals surface area contributed by atoms with Crippen LogP contribution in [-0.2, 0) is 0 Å². The van der Waals surface area contributed by atoms with E-state index in [-0.39, 0.29) is 5.56 Å². The molecule has 0 saturated carbocycles. The van der Waals surface area contributed by atoms with Crippen LogP contribution in [0.5, 0.6) is 0 Å². The Balaban J connectivity index is 2.24. The first-order valence-electron chi connectivity index (χ1n) is 5.50. The van der Waals surface area contributed by atoms with Gasteiger partial charge in [0.1, 0.15) is 12.0 Å². The van der Waals surface area contributed by atoms with Gasteiger partial charge in [0.05, 0.1) is 5.56 Å². The lowest BCUT2D eigenvalue weighted by Crippen LogP contribution is -2.05. The molecule has 1 aromatic carbocycles. The van der Waals surface area contributed by atoms with Gasteiger partial charge in [0.15, 0.2) is 11.6 Å².